The van der Waals surface area contributed by atoms with Crippen LogP contribution < -0.4 is 5.32 Å². The van der Waals surface area contributed by atoms with E-state index >= 15 is 0 Å². The molecular formula is C15H24N2O2. The van der Waals surface area contributed by atoms with Crippen LogP contribution in [0.25, 0.3) is 0 Å². The van der Waals surface area contributed by atoms with E-state index in [0.29, 0.717) is 12.5 Å². The zero-order valence-electron chi connectivity index (χ0n) is 11.7. The molecule has 0 unspecified atom stereocenters. The molecule has 2 fully saturated rings. The molecule has 4 nitrogen and oxygen atoms in total. The third kappa shape index (κ3) is 4.37. The summed E-state index contributed by atoms with van der Waals surface area (Å²) >= 11 is 0. The molecule has 0 spiro atoms. The fraction of sp³-hybridized carbons (Fsp3) is 0.733. The van der Waals surface area contributed by atoms with Crippen molar-refractivity contribution in [1.82, 2.24) is 10.2 Å². The molecule has 2 amide bonds. The van der Waals surface area contributed by atoms with Gasteiger partial charge in [-0.3, -0.25) is 9.59 Å². The Bertz CT molecular complexity index is 361. The number of amides is 2. The van der Waals surface area contributed by atoms with E-state index in [4.69, 9.17) is 0 Å². The first-order valence-electron chi connectivity index (χ1n) is 7.44. The van der Waals surface area contributed by atoms with Crippen molar-refractivity contribution in [3.8, 4) is 0 Å². The SMILES string of the molecule is CC/C=C/C(=O)N1CCC[C@@H](C(=O)NCC2CC2)C1. The molecule has 106 valence electrons. The Morgan fingerprint density at radius 3 is 2.79 bits per heavy atom. The van der Waals surface area contributed by atoms with Gasteiger partial charge in [0.25, 0.3) is 0 Å². The molecule has 2 aliphatic rings. The van der Waals surface area contributed by atoms with Crippen LogP contribution in [0.1, 0.15) is 39.0 Å². The highest BCUT2D eigenvalue weighted by molar-refractivity contribution is 5.88. The van der Waals surface area contributed by atoms with Gasteiger partial charge in [-0.15, -0.1) is 0 Å². The summed E-state index contributed by atoms with van der Waals surface area (Å²) in [6.45, 7) is 4.18. The maximum atomic E-state index is 12.0. The van der Waals surface area contributed by atoms with E-state index in [-0.39, 0.29) is 17.7 Å². The van der Waals surface area contributed by atoms with Crippen LogP contribution in [0, 0.1) is 11.8 Å². The Morgan fingerprint density at radius 2 is 2.11 bits per heavy atom. The fourth-order valence-electron chi connectivity index (χ4n) is 2.43. The lowest BCUT2D eigenvalue weighted by atomic mass is 9.97. The van der Waals surface area contributed by atoms with E-state index in [1.807, 2.05) is 13.0 Å². The van der Waals surface area contributed by atoms with Crippen molar-refractivity contribution < 1.29 is 9.59 Å². The normalized spacial score (nSPS) is 23.6. The third-order valence-electron chi connectivity index (χ3n) is 3.86. The maximum absolute atomic E-state index is 12.0. The Hall–Kier alpha value is -1.32. The van der Waals surface area contributed by atoms with Crippen LogP contribution in [0.3, 0.4) is 0 Å². The first-order chi connectivity index (χ1) is 9.20. The van der Waals surface area contributed by atoms with Gasteiger partial charge >= 0.3 is 0 Å². The lowest BCUT2D eigenvalue weighted by molar-refractivity contribution is -0.132. The summed E-state index contributed by atoms with van der Waals surface area (Å²) in [7, 11) is 0. The van der Waals surface area contributed by atoms with E-state index in [0.717, 1.165) is 32.4 Å². The van der Waals surface area contributed by atoms with Gasteiger partial charge in [0, 0.05) is 19.6 Å². The number of allylic oxidation sites excluding steroid dienone is 1. The lowest BCUT2D eigenvalue weighted by Crippen LogP contribution is -2.45. The van der Waals surface area contributed by atoms with Crippen molar-refractivity contribution in [2.24, 2.45) is 11.8 Å². The largest absolute Gasteiger partial charge is 0.356 e. The van der Waals surface area contributed by atoms with Crippen LogP contribution in [0.4, 0.5) is 0 Å². The molecule has 1 aliphatic heterocycles. The van der Waals surface area contributed by atoms with Gasteiger partial charge in [-0.05, 0) is 44.1 Å². The molecule has 1 heterocycles. The predicted molar refractivity (Wildman–Crippen MR) is 74.5 cm³/mol. The smallest absolute Gasteiger partial charge is 0.246 e. The molecule has 0 radical (unpaired) electrons. The second-order valence-corrected chi connectivity index (χ2v) is 5.62. The monoisotopic (exact) mass is 264 g/mol. The minimum Gasteiger partial charge on any atom is -0.356 e. The molecule has 1 atom stereocenters. The average Bonchev–Trinajstić information content (AvgIpc) is 3.26. The van der Waals surface area contributed by atoms with Gasteiger partial charge in [0.1, 0.15) is 0 Å². The molecule has 1 aliphatic carbocycles. The summed E-state index contributed by atoms with van der Waals surface area (Å²) < 4.78 is 0. The van der Waals surface area contributed by atoms with Crippen molar-refractivity contribution in [3.63, 3.8) is 0 Å². The number of likely N-dealkylation sites (tertiary alicyclic amines) is 1. The summed E-state index contributed by atoms with van der Waals surface area (Å²) in [5.74, 6) is 0.856. The summed E-state index contributed by atoms with van der Waals surface area (Å²) in [5, 5.41) is 3.02. The molecule has 4 heteroatoms. The van der Waals surface area contributed by atoms with Crippen LogP contribution in [-0.2, 0) is 9.59 Å². The standard InChI is InChI=1S/C15H24N2O2/c1-2-3-6-14(18)17-9-4-5-13(11-17)15(19)16-10-12-7-8-12/h3,6,12-13H,2,4-5,7-11H2,1H3,(H,16,19)/b6-3+/t13-/m1/s1. The van der Waals surface area contributed by atoms with Crippen LogP contribution in [0.15, 0.2) is 12.2 Å². The Balaban J connectivity index is 1.79. The number of hydrogen-bond donors (Lipinski definition) is 1. The zero-order chi connectivity index (χ0) is 13.7. The third-order valence-corrected chi connectivity index (χ3v) is 3.86. The number of hydrogen-bond acceptors (Lipinski definition) is 2. The molecule has 0 bridgehead atoms. The van der Waals surface area contributed by atoms with Gasteiger partial charge < -0.3 is 10.2 Å². The quantitative estimate of drug-likeness (QED) is 0.769. The van der Waals surface area contributed by atoms with Gasteiger partial charge in [0.05, 0.1) is 5.92 Å². The summed E-state index contributed by atoms with van der Waals surface area (Å²) in [6, 6.07) is 0. The van der Waals surface area contributed by atoms with Gasteiger partial charge in [-0.25, -0.2) is 0 Å². The average molecular weight is 264 g/mol. The van der Waals surface area contributed by atoms with Crippen molar-refractivity contribution >= 4 is 11.8 Å². The highest BCUT2D eigenvalue weighted by Gasteiger charge is 2.29. The van der Waals surface area contributed by atoms with E-state index in [1.54, 1.807) is 11.0 Å². The molecule has 1 saturated heterocycles. The summed E-state index contributed by atoms with van der Waals surface area (Å²) in [6.07, 6.45) is 8.69. The van der Waals surface area contributed by atoms with Crippen molar-refractivity contribution in [2.45, 2.75) is 39.0 Å². The van der Waals surface area contributed by atoms with Crippen LogP contribution in [0.2, 0.25) is 0 Å². The van der Waals surface area contributed by atoms with Gasteiger partial charge in [-0.1, -0.05) is 13.0 Å². The van der Waals surface area contributed by atoms with Crippen LogP contribution in [0.5, 0.6) is 0 Å². The van der Waals surface area contributed by atoms with Crippen molar-refractivity contribution in [1.29, 1.82) is 0 Å². The van der Waals surface area contributed by atoms with Crippen LogP contribution in [-0.4, -0.2) is 36.3 Å². The molecule has 0 aromatic heterocycles. The highest BCUT2D eigenvalue weighted by Crippen LogP contribution is 2.27. The first-order valence-corrected chi connectivity index (χ1v) is 7.44. The minimum absolute atomic E-state index is 0.0218. The lowest BCUT2D eigenvalue weighted by Gasteiger charge is -2.31. The number of nitrogens with one attached hydrogen (secondary N) is 1. The molecular weight excluding hydrogens is 240 g/mol. The Kier molecular flexibility index (Phi) is 5.00. The Morgan fingerprint density at radius 1 is 1.32 bits per heavy atom. The second kappa shape index (κ2) is 6.73. The highest BCUT2D eigenvalue weighted by atomic mass is 16.2. The maximum Gasteiger partial charge on any atom is 0.246 e. The first kappa shape index (κ1) is 14.1. The van der Waals surface area contributed by atoms with Crippen molar-refractivity contribution in [2.75, 3.05) is 19.6 Å². The second-order valence-electron chi connectivity index (χ2n) is 5.62. The summed E-state index contributed by atoms with van der Waals surface area (Å²) in [5.41, 5.74) is 0. The molecule has 1 N–H and O–H groups in total. The molecule has 0 aromatic rings. The van der Waals surface area contributed by atoms with E-state index in [9.17, 15) is 9.59 Å². The predicted octanol–water partition coefficient (Wildman–Crippen LogP) is 1.72. The van der Waals surface area contributed by atoms with E-state index in [1.165, 1.54) is 12.8 Å². The number of rotatable bonds is 5. The van der Waals surface area contributed by atoms with Gasteiger partial charge in [0.15, 0.2) is 0 Å². The van der Waals surface area contributed by atoms with Gasteiger partial charge in [0.2, 0.25) is 11.8 Å². The molecule has 2 rings (SSSR count). The zero-order valence-corrected chi connectivity index (χ0v) is 11.7. The minimum atomic E-state index is -0.0218. The fourth-order valence-corrected chi connectivity index (χ4v) is 2.43. The number of piperidine rings is 1. The molecule has 1 saturated carbocycles. The molecule has 0 aromatic carbocycles. The number of carbonyl (C=O) groups excluding carboxylic acids is 2. The van der Waals surface area contributed by atoms with Crippen LogP contribution >= 0.6 is 0 Å². The number of carbonyl (C=O) groups is 2. The van der Waals surface area contributed by atoms with Crippen molar-refractivity contribution in [3.05, 3.63) is 12.2 Å². The topological polar surface area (TPSA) is 49.4 Å². The van der Waals surface area contributed by atoms with E-state index in [2.05, 4.69) is 5.32 Å². The summed E-state index contributed by atoms with van der Waals surface area (Å²) in [4.78, 5) is 25.8. The molecule has 19 heavy (non-hydrogen) atoms. The Labute approximate surface area is 115 Å². The number of nitrogens with zero attached hydrogens (tertiary/aromatic N) is 1. The van der Waals surface area contributed by atoms with E-state index < -0.39 is 0 Å². The van der Waals surface area contributed by atoms with Gasteiger partial charge in [-0.2, -0.15) is 0 Å².